The molecule has 26 heavy (non-hydrogen) atoms. The van der Waals surface area contributed by atoms with Gasteiger partial charge in [-0.25, -0.2) is 0 Å². The minimum atomic E-state index is -4.33. The first-order valence-corrected chi connectivity index (χ1v) is 8.36. The van der Waals surface area contributed by atoms with Crippen LogP contribution in [-0.4, -0.2) is 0 Å². The Balaban J connectivity index is 1.87. The fraction of sp³-hybridized carbons (Fsp3) is 0.0435. The van der Waals surface area contributed by atoms with Crippen molar-refractivity contribution < 1.29 is 13.2 Å². The number of rotatable bonds is 0. The average Bonchev–Trinajstić information content (AvgIpc) is 2.66. The zero-order valence-electron chi connectivity index (χ0n) is 13.6. The van der Waals surface area contributed by atoms with Gasteiger partial charge in [0, 0.05) is 0 Å². The van der Waals surface area contributed by atoms with Gasteiger partial charge >= 0.3 is 6.18 Å². The van der Waals surface area contributed by atoms with Crippen LogP contribution in [0.1, 0.15) is 5.56 Å². The van der Waals surface area contributed by atoms with Gasteiger partial charge in [-0.05, 0) is 55.2 Å². The maximum atomic E-state index is 13.0. The van der Waals surface area contributed by atoms with Crippen LogP contribution < -0.4 is 0 Å². The fourth-order valence-corrected chi connectivity index (χ4v) is 3.82. The molecule has 3 heteroatoms. The van der Waals surface area contributed by atoms with E-state index in [1.54, 1.807) is 12.1 Å². The zero-order valence-corrected chi connectivity index (χ0v) is 13.6. The molecule has 126 valence electrons. The van der Waals surface area contributed by atoms with Crippen LogP contribution in [0, 0.1) is 0 Å². The van der Waals surface area contributed by atoms with E-state index in [0.29, 0.717) is 5.39 Å². The smallest absolute Gasteiger partial charge is 0.166 e. The van der Waals surface area contributed by atoms with Gasteiger partial charge in [-0.15, -0.1) is 0 Å². The Kier molecular flexibility index (Phi) is 3.05. The summed E-state index contributed by atoms with van der Waals surface area (Å²) >= 11 is 0. The highest BCUT2D eigenvalue weighted by Gasteiger charge is 2.30. The van der Waals surface area contributed by atoms with E-state index in [9.17, 15) is 13.2 Å². The van der Waals surface area contributed by atoms with Crippen LogP contribution >= 0.6 is 0 Å². The molecule has 0 aromatic heterocycles. The Labute approximate surface area is 147 Å². The van der Waals surface area contributed by atoms with E-state index in [0.717, 1.165) is 33.0 Å². The summed E-state index contributed by atoms with van der Waals surface area (Å²) in [6, 6.07) is 24.1. The molecule has 0 aliphatic rings. The van der Waals surface area contributed by atoms with Crippen molar-refractivity contribution in [1.82, 2.24) is 0 Å². The quantitative estimate of drug-likeness (QED) is 0.258. The first-order chi connectivity index (χ1) is 12.5. The highest BCUT2D eigenvalue weighted by Crippen LogP contribution is 2.37. The number of fused-ring (bicyclic) bond motifs is 7. The van der Waals surface area contributed by atoms with E-state index in [1.807, 2.05) is 24.3 Å². The lowest BCUT2D eigenvalue weighted by Gasteiger charge is -2.12. The molecule has 0 heterocycles. The molecule has 0 N–H and O–H groups in total. The van der Waals surface area contributed by atoms with Crippen molar-refractivity contribution in [3.05, 3.63) is 84.4 Å². The van der Waals surface area contributed by atoms with Crippen LogP contribution in [0.15, 0.2) is 78.9 Å². The second-order valence-electron chi connectivity index (χ2n) is 6.54. The van der Waals surface area contributed by atoms with Crippen molar-refractivity contribution in [2.24, 2.45) is 0 Å². The molecule has 0 aliphatic carbocycles. The summed E-state index contributed by atoms with van der Waals surface area (Å²) < 4.78 is 39.0. The van der Waals surface area contributed by atoms with E-state index >= 15 is 0 Å². The Morgan fingerprint density at radius 2 is 0.962 bits per heavy atom. The molecule has 0 spiro atoms. The zero-order chi connectivity index (χ0) is 17.9. The van der Waals surface area contributed by atoms with Crippen molar-refractivity contribution >= 4 is 43.1 Å². The van der Waals surface area contributed by atoms with Crippen molar-refractivity contribution in [1.29, 1.82) is 0 Å². The number of halogens is 3. The maximum Gasteiger partial charge on any atom is 0.416 e. The lowest BCUT2D eigenvalue weighted by atomic mass is 9.94. The van der Waals surface area contributed by atoms with E-state index in [1.165, 1.54) is 16.8 Å². The average molecular weight is 346 g/mol. The molecule has 0 saturated heterocycles. The molecule has 0 saturated carbocycles. The predicted octanol–water partition coefficient (Wildman–Crippen LogP) is 7.32. The number of alkyl halides is 3. The summed E-state index contributed by atoms with van der Waals surface area (Å²) in [5.74, 6) is 0. The van der Waals surface area contributed by atoms with Gasteiger partial charge in [0.15, 0.2) is 0 Å². The molecule has 0 aliphatic heterocycles. The SMILES string of the molecule is FC(F)(F)c1ccc2c(ccc3c2ccc2c4ccccc4ccc23)c1. The van der Waals surface area contributed by atoms with Gasteiger partial charge in [0.25, 0.3) is 0 Å². The summed E-state index contributed by atoms with van der Waals surface area (Å²) in [5.41, 5.74) is -0.615. The second-order valence-corrected chi connectivity index (χ2v) is 6.54. The van der Waals surface area contributed by atoms with E-state index in [4.69, 9.17) is 0 Å². The van der Waals surface area contributed by atoms with Crippen molar-refractivity contribution in [2.45, 2.75) is 6.18 Å². The Morgan fingerprint density at radius 1 is 0.462 bits per heavy atom. The van der Waals surface area contributed by atoms with Crippen LogP contribution in [0.25, 0.3) is 43.1 Å². The van der Waals surface area contributed by atoms with Gasteiger partial charge in [0.05, 0.1) is 5.56 Å². The Morgan fingerprint density at radius 3 is 1.65 bits per heavy atom. The minimum absolute atomic E-state index is 0.604. The van der Waals surface area contributed by atoms with Gasteiger partial charge in [0.1, 0.15) is 0 Å². The topological polar surface area (TPSA) is 0 Å². The monoisotopic (exact) mass is 346 g/mol. The third-order valence-electron chi connectivity index (χ3n) is 5.07. The summed E-state index contributed by atoms with van der Waals surface area (Å²) in [4.78, 5) is 0. The molecule has 0 amide bonds. The number of benzene rings is 5. The third kappa shape index (κ3) is 2.17. The molecule has 0 bridgehead atoms. The summed E-state index contributed by atoms with van der Waals surface area (Å²) in [6.45, 7) is 0. The van der Waals surface area contributed by atoms with Crippen molar-refractivity contribution in [2.75, 3.05) is 0 Å². The molecular formula is C23H13F3. The van der Waals surface area contributed by atoms with E-state index in [-0.39, 0.29) is 0 Å². The van der Waals surface area contributed by atoms with Crippen LogP contribution in [0.3, 0.4) is 0 Å². The van der Waals surface area contributed by atoms with E-state index < -0.39 is 11.7 Å². The maximum absolute atomic E-state index is 13.0. The Hall–Kier alpha value is -3.07. The molecule has 0 nitrogen and oxygen atoms in total. The van der Waals surface area contributed by atoms with Crippen LogP contribution in [0.4, 0.5) is 13.2 Å². The Bertz CT molecular complexity index is 1310. The highest BCUT2D eigenvalue weighted by atomic mass is 19.4. The lowest BCUT2D eigenvalue weighted by Crippen LogP contribution is -2.04. The van der Waals surface area contributed by atoms with Crippen LogP contribution in [0.2, 0.25) is 0 Å². The molecule has 5 rings (SSSR count). The van der Waals surface area contributed by atoms with Crippen LogP contribution in [0.5, 0.6) is 0 Å². The first kappa shape index (κ1) is 15.2. The molecule has 5 aromatic carbocycles. The van der Waals surface area contributed by atoms with Gasteiger partial charge < -0.3 is 0 Å². The third-order valence-corrected chi connectivity index (χ3v) is 5.07. The number of hydrogen-bond acceptors (Lipinski definition) is 0. The molecule has 5 aromatic rings. The number of hydrogen-bond donors (Lipinski definition) is 0. The molecule has 0 fully saturated rings. The summed E-state index contributed by atoms with van der Waals surface area (Å²) in [7, 11) is 0. The second kappa shape index (κ2) is 5.21. The molecule has 0 atom stereocenters. The summed E-state index contributed by atoms with van der Waals surface area (Å²) in [5, 5.41) is 8.09. The van der Waals surface area contributed by atoms with Crippen molar-refractivity contribution in [3.63, 3.8) is 0 Å². The van der Waals surface area contributed by atoms with Gasteiger partial charge in [0.2, 0.25) is 0 Å². The van der Waals surface area contributed by atoms with Crippen LogP contribution in [-0.2, 0) is 6.18 Å². The van der Waals surface area contributed by atoms with Crippen molar-refractivity contribution in [3.8, 4) is 0 Å². The minimum Gasteiger partial charge on any atom is -0.166 e. The molecule has 0 unspecified atom stereocenters. The summed E-state index contributed by atoms with van der Waals surface area (Å²) in [6.07, 6.45) is -4.33. The van der Waals surface area contributed by atoms with E-state index in [2.05, 4.69) is 30.3 Å². The first-order valence-electron chi connectivity index (χ1n) is 8.36. The predicted molar refractivity (Wildman–Crippen MR) is 101 cm³/mol. The molecule has 0 radical (unpaired) electrons. The standard InChI is InChI=1S/C23H13F3/c24-23(25,26)16-7-10-18-15(13-16)6-9-22-20(18)12-11-19-17-4-2-1-3-14(17)5-8-21(19)22/h1-13H. The highest BCUT2D eigenvalue weighted by molar-refractivity contribution is 6.22. The normalized spacial score (nSPS) is 12.4. The lowest BCUT2D eigenvalue weighted by molar-refractivity contribution is -0.137. The molecular weight excluding hydrogens is 333 g/mol. The fourth-order valence-electron chi connectivity index (χ4n) is 3.82. The largest absolute Gasteiger partial charge is 0.416 e. The van der Waals surface area contributed by atoms with Gasteiger partial charge in [-0.3, -0.25) is 0 Å². The van der Waals surface area contributed by atoms with Gasteiger partial charge in [-0.1, -0.05) is 66.7 Å². The van der Waals surface area contributed by atoms with Gasteiger partial charge in [-0.2, -0.15) is 13.2 Å².